The zero-order chi connectivity index (χ0) is 14.4. The Morgan fingerprint density at radius 3 is 2.42 bits per heavy atom. The Labute approximate surface area is 116 Å². The van der Waals surface area contributed by atoms with Crippen molar-refractivity contribution in [1.82, 2.24) is 0 Å². The molecule has 0 aliphatic rings. The average molecular weight is 286 g/mol. The molecule has 0 saturated carbocycles. The lowest BCUT2D eigenvalue weighted by molar-refractivity contribution is -0.483. The van der Waals surface area contributed by atoms with Crippen molar-refractivity contribution in [3.05, 3.63) is 45.0 Å². The van der Waals surface area contributed by atoms with E-state index in [0.29, 0.717) is 10.6 Å². The van der Waals surface area contributed by atoms with Crippen LogP contribution in [0.15, 0.2) is 24.3 Å². The summed E-state index contributed by atoms with van der Waals surface area (Å²) in [6.07, 6.45) is -0.241. The van der Waals surface area contributed by atoms with Crippen LogP contribution >= 0.6 is 11.6 Å². The largest absolute Gasteiger partial charge is 0.463 e. The van der Waals surface area contributed by atoms with Crippen LogP contribution in [0.4, 0.5) is 0 Å². The maximum atomic E-state index is 11.6. The number of nitro groups is 1. The quantitative estimate of drug-likeness (QED) is 0.457. The van der Waals surface area contributed by atoms with E-state index in [9.17, 15) is 14.9 Å². The normalized spacial score (nSPS) is 12.2. The summed E-state index contributed by atoms with van der Waals surface area (Å²) >= 11 is 5.77. The van der Waals surface area contributed by atoms with E-state index >= 15 is 0 Å². The molecule has 0 N–H and O–H groups in total. The molecule has 6 heteroatoms. The van der Waals surface area contributed by atoms with E-state index in [1.54, 1.807) is 38.1 Å². The van der Waals surface area contributed by atoms with Gasteiger partial charge in [-0.25, -0.2) is 0 Å². The molecule has 19 heavy (non-hydrogen) atoms. The zero-order valence-corrected chi connectivity index (χ0v) is 11.6. The first-order chi connectivity index (χ1) is 8.88. The van der Waals surface area contributed by atoms with Crippen molar-refractivity contribution in [3.8, 4) is 0 Å². The van der Waals surface area contributed by atoms with Gasteiger partial charge in [0.2, 0.25) is 6.54 Å². The van der Waals surface area contributed by atoms with Crippen LogP contribution in [0, 0.1) is 10.1 Å². The summed E-state index contributed by atoms with van der Waals surface area (Å²) in [6, 6.07) is 6.69. The van der Waals surface area contributed by atoms with Crippen LogP contribution in [0.3, 0.4) is 0 Å². The molecule has 0 aliphatic heterocycles. The van der Waals surface area contributed by atoms with E-state index in [1.807, 2.05) is 0 Å². The predicted octanol–water partition coefficient (Wildman–Crippen LogP) is 3.04. The lowest BCUT2D eigenvalue weighted by atomic mass is 9.96. The van der Waals surface area contributed by atoms with Gasteiger partial charge < -0.3 is 4.74 Å². The van der Waals surface area contributed by atoms with Crippen molar-refractivity contribution in [2.24, 2.45) is 0 Å². The number of hydrogen-bond donors (Lipinski definition) is 0. The van der Waals surface area contributed by atoms with Gasteiger partial charge in [-0.15, -0.1) is 0 Å². The highest BCUT2D eigenvalue weighted by molar-refractivity contribution is 6.30. The van der Waals surface area contributed by atoms with E-state index in [4.69, 9.17) is 16.3 Å². The first-order valence-corrected chi connectivity index (χ1v) is 6.33. The minimum absolute atomic E-state index is 0.0131. The molecule has 0 amide bonds. The maximum absolute atomic E-state index is 11.6. The van der Waals surface area contributed by atoms with E-state index in [-0.39, 0.29) is 19.1 Å². The van der Waals surface area contributed by atoms with Gasteiger partial charge in [0.15, 0.2) is 0 Å². The third-order valence-electron chi connectivity index (χ3n) is 2.49. The van der Waals surface area contributed by atoms with Gasteiger partial charge in [0, 0.05) is 9.95 Å². The van der Waals surface area contributed by atoms with Crippen molar-refractivity contribution in [2.45, 2.75) is 32.3 Å². The van der Waals surface area contributed by atoms with Crippen LogP contribution in [-0.4, -0.2) is 23.5 Å². The van der Waals surface area contributed by atoms with Crippen molar-refractivity contribution in [1.29, 1.82) is 0 Å². The summed E-state index contributed by atoms with van der Waals surface area (Å²) in [5.41, 5.74) is 0.710. The smallest absolute Gasteiger partial charge is 0.306 e. The van der Waals surface area contributed by atoms with Gasteiger partial charge in [-0.2, -0.15) is 0 Å². The Morgan fingerprint density at radius 1 is 1.37 bits per heavy atom. The number of carbonyl (C=O) groups excluding carboxylic acids is 1. The fraction of sp³-hybridized carbons (Fsp3) is 0.462. The second kappa shape index (κ2) is 7.09. The number of rotatable bonds is 6. The van der Waals surface area contributed by atoms with Crippen molar-refractivity contribution >= 4 is 17.6 Å². The van der Waals surface area contributed by atoms with Gasteiger partial charge in [-0.1, -0.05) is 23.7 Å². The molecule has 0 radical (unpaired) electrons. The van der Waals surface area contributed by atoms with Gasteiger partial charge in [0.1, 0.15) is 0 Å². The van der Waals surface area contributed by atoms with Crippen LogP contribution < -0.4 is 0 Å². The number of nitrogens with zero attached hydrogens (tertiary/aromatic N) is 1. The second-order valence-electron chi connectivity index (χ2n) is 4.51. The highest BCUT2D eigenvalue weighted by Crippen LogP contribution is 2.22. The van der Waals surface area contributed by atoms with Crippen LogP contribution in [0.5, 0.6) is 0 Å². The van der Waals surface area contributed by atoms with Crippen LogP contribution in [0.25, 0.3) is 0 Å². The Morgan fingerprint density at radius 2 is 1.95 bits per heavy atom. The summed E-state index contributed by atoms with van der Waals surface area (Å²) in [7, 11) is 0. The first-order valence-electron chi connectivity index (χ1n) is 5.95. The molecule has 1 aromatic rings. The summed E-state index contributed by atoms with van der Waals surface area (Å²) in [5, 5.41) is 11.2. The monoisotopic (exact) mass is 285 g/mol. The van der Waals surface area contributed by atoms with Gasteiger partial charge in [0.05, 0.1) is 18.4 Å². The number of benzene rings is 1. The number of hydrogen-bond acceptors (Lipinski definition) is 4. The molecule has 0 bridgehead atoms. The van der Waals surface area contributed by atoms with Gasteiger partial charge in [-0.05, 0) is 31.5 Å². The van der Waals surface area contributed by atoms with Crippen molar-refractivity contribution in [3.63, 3.8) is 0 Å². The van der Waals surface area contributed by atoms with E-state index in [1.165, 1.54) is 0 Å². The fourth-order valence-electron chi connectivity index (χ4n) is 1.71. The summed E-state index contributed by atoms with van der Waals surface area (Å²) in [4.78, 5) is 21.9. The molecular weight excluding hydrogens is 270 g/mol. The highest BCUT2D eigenvalue weighted by Gasteiger charge is 2.22. The molecular formula is C13H16ClNO4. The minimum Gasteiger partial charge on any atom is -0.463 e. The predicted molar refractivity (Wildman–Crippen MR) is 71.9 cm³/mol. The van der Waals surface area contributed by atoms with Gasteiger partial charge in [-0.3, -0.25) is 14.9 Å². The van der Waals surface area contributed by atoms with Crippen molar-refractivity contribution in [2.75, 3.05) is 6.54 Å². The lowest BCUT2D eigenvalue weighted by Crippen LogP contribution is -2.19. The Hall–Kier alpha value is -1.62. The molecule has 104 valence electrons. The fourth-order valence-corrected chi connectivity index (χ4v) is 1.84. The van der Waals surface area contributed by atoms with E-state index in [2.05, 4.69) is 0 Å². The standard InChI is InChI=1S/C13H16ClNO4/c1-9(2)19-13(16)7-11(8-15(17)18)10-3-5-12(14)6-4-10/h3-6,9,11H,7-8H2,1-2H3/t11-/m0/s1. The molecule has 5 nitrogen and oxygen atoms in total. The number of halogens is 1. The topological polar surface area (TPSA) is 69.4 Å². The molecule has 1 atom stereocenters. The lowest BCUT2D eigenvalue weighted by Gasteiger charge is -2.14. The second-order valence-corrected chi connectivity index (χ2v) is 4.94. The molecule has 1 rings (SSSR count). The molecule has 0 aromatic heterocycles. The van der Waals surface area contributed by atoms with Gasteiger partial charge in [0.25, 0.3) is 0 Å². The van der Waals surface area contributed by atoms with E-state index in [0.717, 1.165) is 0 Å². The molecule has 0 heterocycles. The zero-order valence-electron chi connectivity index (χ0n) is 10.8. The third kappa shape index (κ3) is 5.70. The average Bonchev–Trinajstić information content (AvgIpc) is 2.27. The molecule has 0 saturated heterocycles. The first kappa shape index (κ1) is 15.4. The minimum atomic E-state index is -0.501. The summed E-state index contributed by atoms with van der Waals surface area (Å²) in [6.45, 7) is 3.17. The Balaban J connectivity index is 2.79. The molecule has 0 spiro atoms. The number of carbonyl (C=O) groups is 1. The SMILES string of the molecule is CC(C)OC(=O)C[C@@H](C[N+](=O)[O-])c1ccc(Cl)cc1. The van der Waals surface area contributed by atoms with Crippen LogP contribution in [0.2, 0.25) is 5.02 Å². The van der Waals surface area contributed by atoms with Crippen LogP contribution in [-0.2, 0) is 9.53 Å². The summed E-state index contributed by atoms with van der Waals surface area (Å²) in [5.74, 6) is -0.935. The van der Waals surface area contributed by atoms with Crippen LogP contribution in [0.1, 0.15) is 31.7 Å². The molecule has 1 aromatic carbocycles. The van der Waals surface area contributed by atoms with Gasteiger partial charge >= 0.3 is 5.97 Å². The highest BCUT2D eigenvalue weighted by atomic mass is 35.5. The van der Waals surface area contributed by atoms with Crippen molar-refractivity contribution < 1.29 is 14.5 Å². The maximum Gasteiger partial charge on any atom is 0.306 e. The Kier molecular flexibility index (Phi) is 5.76. The van der Waals surface area contributed by atoms with E-state index < -0.39 is 16.8 Å². The molecule has 0 fully saturated rings. The summed E-state index contributed by atoms with van der Waals surface area (Å²) < 4.78 is 5.02. The Bertz CT molecular complexity index is 444. The third-order valence-corrected chi connectivity index (χ3v) is 2.74. The number of ether oxygens (including phenoxy) is 1. The number of esters is 1. The molecule has 0 unspecified atom stereocenters. The molecule has 0 aliphatic carbocycles.